The number of rotatable bonds is 4. The molecule has 0 saturated carbocycles. The number of aromatic nitrogens is 2. The van der Waals surface area contributed by atoms with E-state index in [9.17, 15) is 4.79 Å². The molecule has 1 aromatic rings. The lowest BCUT2D eigenvalue weighted by Gasteiger charge is -2.13. The lowest BCUT2D eigenvalue weighted by molar-refractivity contribution is -0.121. The van der Waals surface area contributed by atoms with Gasteiger partial charge in [-0.1, -0.05) is 29.8 Å². The van der Waals surface area contributed by atoms with Crippen molar-refractivity contribution >= 4 is 21.8 Å². The third-order valence-corrected chi connectivity index (χ3v) is 3.70. The van der Waals surface area contributed by atoms with Gasteiger partial charge in [0, 0.05) is 17.8 Å². The van der Waals surface area contributed by atoms with Crippen molar-refractivity contribution in [3.63, 3.8) is 0 Å². The van der Waals surface area contributed by atoms with Crippen LogP contribution in [0.2, 0.25) is 0 Å². The molecule has 1 aromatic heterocycles. The molecule has 1 amide bonds. The number of alkyl halides is 1. The van der Waals surface area contributed by atoms with Crippen LogP contribution in [0.3, 0.4) is 0 Å². The Labute approximate surface area is 98.0 Å². The quantitative estimate of drug-likeness (QED) is 0.822. The van der Waals surface area contributed by atoms with Crippen LogP contribution in [-0.2, 0) is 11.3 Å². The molecule has 0 aliphatic carbocycles. The smallest absolute Gasteiger partial charge is 0.234 e. The lowest BCUT2D eigenvalue weighted by atomic mass is 10.1. The molecule has 15 heavy (non-hydrogen) atoms. The lowest BCUT2D eigenvalue weighted by Crippen LogP contribution is -2.33. The number of carbonyl (C=O) groups is 1. The molecule has 0 aliphatic rings. The first-order chi connectivity index (χ1) is 7.02. The third-order valence-electron chi connectivity index (χ3n) is 2.22. The maximum absolute atomic E-state index is 11.6. The summed E-state index contributed by atoms with van der Waals surface area (Å²) in [5, 5.41) is 9.58. The second-order valence-electron chi connectivity index (χ2n) is 3.88. The Morgan fingerprint density at radius 2 is 2.33 bits per heavy atom. The highest BCUT2D eigenvalue weighted by Crippen LogP contribution is 2.12. The van der Waals surface area contributed by atoms with Gasteiger partial charge in [-0.25, -0.2) is 0 Å². The summed E-state index contributed by atoms with van der Waals surface area (Å²) in [6, 6.07) is 0. The van der Waals surface area contributed by atoms with E-state index in [0.29, 0.717) is 6.54 Å². The second kappa shape index (κ2) is 5.30. The fraction of sp³-hybridized carbons (Fsp3) is 0.600. The standard InChI is InChI=1S/C10H16BrN3O/c1-6(2)9(11)10(15)12-4-8-5-13-14-7(8)3/h5-6,9H,4H2,1-3H3,(H,12,15)(H,13,14). The molecular formula is C10H16BrN3O. The number of halogens is 1. The molecule has 4 nitrogen and oxygen atoms in total. The fourth-order valence-electron chi connectivity index (χ4n) is 1.14. The molecule has 1 unspecified atom stereocenters. The average Bonchev–Trinajstić information content (AvgIpc) is 2.59. The number of hydrogen-bond acceptors (Lipinski definition) is 2. The van der Waals surface area contributed by atoms with Gasteiger partial charge >= 0.3 is 0 Å². The molecule has 0 saturated heterocycles. The van der Waals surface area contributed by atoms with E-state index in [1.165, 1.54) is 0 Å². The summed E-state index contributed by atoms with van der Waals surface area (Å²) in [5.74, 6) is 0.307. The Morgan fingerprint density at radius 1 is 1.67 bits per heavy atom. The molecule has 0 aliphatic heterocycles. The molecule has 1 heterocycles. The van der Waals surface area contributed by atoms with Crippen molar-refractivity contribution < 1.29 is 4.79 Å². The van der Waals surface area contributed by atoms with Crippen LogP contribution in [-0.4, -0.2) is 20.9 Å². The largest absolute Gasteiger partial charge is 0.351 e. The normalized spacial score (nSPS) is 12.9. The van der Waals surface area contributed by atoms with Crippen LogP contribution >= 0.6 is 15.9 Å². The van der Waals surface area contributed by atoms with Crippen LogP contribution in [0.1, 0.15) is 25.1 Å². The molecule has 2 N–H and O–H groups in total. The van der Waals surface area contributed by atoms with Gasteiger partial charge in [-0.15, -0.1) is 0 Å². The van der Waals surface area contributed by atoms with Crippen LogP contribution < -0.4 is 5.32 Å². The third kappa shape index (κ3) is 3.34. The van der Waals surface area contributed by atoms with Gasteiger partial charge in [0.25, 0.3) is 0 Å². The van der Waals surface area contributed by atoms with Crippen molar-refractivity contribution in [1.29, 1.82) is 0 Å². The van der Waals surface area contributed by atoms with E-state index in [-0.39, 0.29) is 16.7 Å². The number of aryl methyl sites for hydroxylation is 1. The van der Waals surface area contributed by atoms with E-state index >= 15 is 0 Å². The number of nitrogens with zero attached hydrogens (tertiary/aromatic N) is 1. The van der Waals surface area contributed by atoms with E-state index in [1.54, 1.807) is 6.20 Å². The van der Waals surface area contributed by atoms with E-state index in [1.807, 2.05) is 20.8 Å². The van der Waals surface area contributed by atoms with E-state index < -0.39 is 0 Å². The summed E-state index contributed by atoms with van der Waals surface area (Å²) in [6.07, 6.45) is 1.73. The number of aromatic amines is 1. The van der Waals surface area contributed by atoms with E-state index in [4.69, 9.17) is 0 Å². The molecule has 5 heteroatoms. The zero-order valence-corrected chi connectivity index (χ0v) is 10.8. The summed E-state index contributed by atoms with van der Waals surface area (Å²) >= 11 is 3.35. The number of hydrogen-bond donors (Lipinski definition) is 2. The molecule has 84 valence electrons. The average molecular weight is 274 g/mol. The molecule has 0 bridgehead atoms. The molecule has 0 spiro atoms. The highest BCUT2D eigenvalue weighted by atomic mass is 79.9. The van der Waals surface area contributed by atoms with E-state index in [0.717, 1.165) is 11.3 Å². The van der Waals surface area contributed by atoms with Crippen molar-refractivity contribution in [2.45, 2.75) is 32.1 Å². The predicted molar refractivity (Wildman–Crippen MR) is 62.7 cm³/mol. The van der Waals surface area contributed by atoms with Gasteiger partial charge in [-0.2, -0.15) is 5.10 Å². The molecule has 0 radical (unpaired) electrons. The first-order valence-electron chi connectivity index (χ1n) is 4.93. The van der Waals surface area contributed by atoms with E-state index in [2.05, 4.69) is 31.4 Å². The second-order valence-corrected chi connectivity index (χ2v) is 4.87. The maximum Gasteiger partial charge on any atom is 0.234 e. The minimum atomic E-state index is -0.135. The van der Waals surface area contributed by atoms with Crippen molar-refractivity contribution in [2.24, 2.45) is 5.92 Å². The van der Waals surface area contributed by atoms with Gasteiger partial charge in [0.2, 0.25) is 5.91 Å². The Morgan fingerprint density at radius 3 is 2.80 bits per heavy atom. The summed E-state index contributed by atoms with van der Waals surface area (Å²) in [7, 11) is 0. The number of carbonyl (C=O) groups excluding carboxylic acids is 1. The molecular weight excluding hydrogens is 258 g/mol. The van der Waals surface area contributed by atoms with Gasteiger partial charge < -0.3 is 5.32 Å². The summed E-state index contributed by atoms with van der Waals surface area (Å²) in [4.78, 5) is 11.5. The SMILES string of the molecule is Cc1[nH]ncc1CNC(=O)C(Br)C(C)C. The van der Waals surface area contributed by atoms with Gasteiger partial charge in [0.05, 0.1) is 11.0 Å². The van der Waals surface area contributed by atoms with Gasteiger partial charge in [-0.3, -0.25) is 9.89 Å². The molecule has 0 aromatic carbocycles. The van der Waals surface area contributed by atoms with Gasteiger partial charge in [-0.05, 0) is 12.8 Å². The van der Waals surface area contributed by atoms with Crippen LogP contribution in [0.5, 0.6) is 0 Å². The minimum absolute atomic E-state index is 0.0191. The van der Waals surface area contributed by atoms with Crippen molar-refractivity contribution in [3.05, 3.63) is 17.5 Å². The van der Waals surface area contributed by atoms with Crippen molar-refractivity contribution in [3.8, 4) is 0 Å². The van der Waals surface area contributed by atoms with Gasteiger partial charge in [0.1, 0.15) is 0 Å². The summed E-state index contributed by atoms with van der Waals surface area (Å²) < 4.78 is 0. The highest BCUT2D eigenvalue weighted by molar-refractivity contribution is 9.10. The Balaban J connectivity index is 2.44. The topological polar surface area (TPSA) is 57.8 Å². The number of amides is 1. The molecule has 0 fully saturated rings. The van der Waals surface area contributed by atoms with Crippen molar-refractivity contribution in [2.75, 3.05) is 0 Å². The number of H-pyrrole nitrogens is 1. The van der Waals surface area contributed by atoms with Crippen LogP contribution in [0.25, 0.3) is 0 Å². The Bertz CT molecular complexity index is 335. The Hall–Kier alpha value is -0.840. The minimum Gasteiger partial charge on any atom is -0.351 e. The summed E-state index contributed by atoms with van der Waals surface area (Å²) in [6.45, 7) is 6.46. The zero-order chi connectivity index (χ0) is 11.4. The number of nitrogens with one attached hydrogen (secondary N) is 2. The molecule has 1 atom stereocenters. The van der Waals surface area contributed by atoms with Crippen molar-refractivity contribution in [1.82, 2.24) is 15.5 Å². The van der Waals surface area contributed by atoms with Crippen LogP contribution in [0, 0.1) is 12.8 Å². The maximum atomic E-state index is 11.6. The zero-order valence-electron chi connectivity index (χ0n) is 9.17. The van der Waals surface area contributed by atoms with Crippen LogP contribution in [0.4, 0.5) is 0 Å². The Kier molecular flexibility index (Phi) is 4.32. The fourth-order valence-corrected chi connectivity index (χ4v) is 1.30. The first-order valence-corrected chi connectivity index (χ1v) is 5.84. The highest BCUT2D eigenvalue weighted by Gasteiger charge is 2.18. The predicted octanol–water partition coefficient (Wildman–Crippen LogP) is 1.75. The molecule has 1 rings (SSSR count). The monoisotopic (exact) mass is 273 g/mol. The summed E-state index contributed by atoms with van der Waals surface area (Å²) in [5.41, 5.74) is 2.01. The first kappa shape index (κ1) is 12.2. The van der Waals surface area contributed by atoms with Gasteiger partial charge in [0.15, 0.2) is 0 Å². The van der Waals surface area contributed by atoms with Crippen LogP contribution in [0.15, 0.2) is 6.20 Å².